The number of nitrogens with zero attached hydrogens (tertiary/aromatic N) is 1. The van der Waals surface area contributed by atoms with E-state index in [1.54, 1.807) is 30.0 Å². The van der Waals surface area contributed by atoms with Crippen LogP contribution in [0.5, 0.6) is 5.75 Å². The molecule has 168 valence electrons. The summed E-state index contributed by atoms with van der Waals surface area (Å²) in [5.41, 5.74) is -1.12. The number of aliphatic hydroxyl groups is 1. The number of benzene rings is 1. The van der Waals surface area contributed by atoms with Gasteiger partial charge in [0, 0.05) is 36.5 Å². The fraction of sp³-hybridized carbons (Fsp3) is 0.545. The van der Waals surface area contributed by atoms with E-state index in [1.807, 2.05) is 0 Å². The monoisotopic (exact) mass is 450 g/mol. The van der Waals surface area contributed by atoms with Gasteiger partial charge in [0.1, 0.15) is 5.60 Å². The van der Waals surface area contributed by atoms with Crippen molar-refractivity contribution in [2.24, 2.45) is 0 Å². The second-order valence-corrected chi connectivity index (χ2v) is 9.15. The highest BCUT2D eigenvalue weighted by molar-refractivity contribution is 6.31. The second-order valence-electron chi connectivity index (χ2n) is 8.72. The SMILES string of the molecule is COc1cc(Cl)cc2cc(C(=O)N3CCC4(CC3)C[C@H](NC(C)=O)[C@@](C)(O)CO4)oc12. The van der Waals surface area contributed by atoms with Gasteiger partial charge in [-0.3, -0.25) is 9.59 Å². The molecule has 0 radical (unpaired) electrons. The van der Waals surface area contributed by atoms with Gasteiger partial charge in [-0.15, -0.1) is 0 Å². The third-order valence-electron chi connectivity index (χ3n) is 6.31. The van der Waals surface area contributed by atoms with Crippen molar-refractivity contribution >= 4 is 34.4 Å². The molecule has 2 atom stereocenters. The standard InChI is InChI=1S/C22H27ClN2O6/c1-13(26)24-18-11-22(30-12-21(18,2)28)4-6-25(7-5-22)20(27)17-9-14-8-15(23)10-16(29-3)19(14)31-17/h8-10,18,28H,4-7,11-12H2,1-3H3,(H,24,26)/t18-,21-/m0/s1. The highest BCUT2D eigenvalue weighted by Gasteiger charge is 2.49. The molecule has 0 saturated carbocycles. The fourth-order valence-electron chi connectivity index (χ4n) is 4.47. The zero-order valence-corrected chi connectivity index (χ0v) is 18.6. The lowest BCUT2D eigenvalue weighted by Gasteiger charge is -2.50. The van der Waals surface area contributed by atoms with E-state index in [9.17, 15) is 14.7 Å². The summed E-state index contributed by atoms with van der Waals surface area (Å²) in [5, 5.41) is 14.6. The molecule has 1 aromatic heterocycles. The molecule has 1 aromatic carbocycles. The number of piperidine rings is 1. The minimum absolute atomic E-state index is 0.135. The van der Waals surface area contributed by atoms with E-state index in [1.165, 1.54) is 14.0 Å². The van der Waals surface area contributed by atoms with Gasteiger partial charge in [-0.25, -0.2) is 0 Å². The van der Waals surface area contributed by atoms with Gasteiger partial charge >= 0.3 is 0 Å². The second kappa shape index (κ2) is 8.00. The number of carbonyl (C=O) groups is 2. The van der Waals surface area contributed by atoms with Crippen LogP contribution in [0.4, 0.5) is 0 Å². The summed E-state index contributed by atoms with van der Waals surface area (Å²) in [6.07, 6.45) is 1.72. The van der Waals surface area contributed by atoms with Crippen molar-refractivity contribution in [3.05, 3.63) is 29.0 Å². The van der Waals surface area contributed by atoms with Crippen LogP contribution in [0.15, 0.2) is 22.6 Å². The molecule has 2 amide bonds. The van der Waals surface area contributed by atoms with E-state index in [0.717, 1.165) is 0 Å². The predicted molar refractivity (Wildman–Crippen MR) is 114 cm³/mol. The van der Waals surface area contributed by atoms with Gasteiger partial charge in [-0.2, -0.15) is 0 Å². The van der Waals surface area contributed by atoms with E-state index in [-0.39, 0.29) is 24.2 Å². The van der Waals surface area contributed by atoms with Crippen LogP contribution in [0.1, 0.15) is 43.7 Å². The molecule has 0 aliphatic carbocycles. The third kappa shape index (κ3) is 4.24. The molecule has 0 unspecified atom stereocenters. The lowest BCUT2D eigenvalue weighted by atomic mass is 9.77. The maximum atomic E-state index is 13.1. The zero-order chi connectivity index (χ0) is 22.4. The maximum Gasteiger partial charge on any atom is 0.289 e. The summed E-state index contributed by atoms with van der Waals surface area (Å²) in [7, 11) is 1.52. The average molecular weight is 451 g/mol. The number of amides is 2. The highest BCUT2D eigenvalue weighted by atomic mass is 35.5. The Balaban J connectivity index is 1.47. The van der Waals surface area contributed by atoms with E-state index in [0.29, 0.717) is 54.1 Å². The molecule has 1 spiro atoms. The molecule has 2 N–H and O–H groups in total. The lowest BCUT2D eigenvalue weighted by Crippen LogP contribution is -2.63. The van der Waals surface area contributed by atoms with Crippen molar-refractivity contribution in [1.29, 1.82) is 0 Å². The number of fused-ring (bicyclic) bond motifs is 1. The van der Waals surface area contributed by atoms with Gasteiger partial charge in [0.15, 0.2) is 17.1 Å². The molecule has 4 rings (SSSR count). The van der Waals surface area contributed by atoms with E-state index in [2.05, 4.69) is 5.32 Å². The Bertz CT molecular complexity index is 1010. The molecular weight excluding hydrogens is 424 g/mol. The number of furan rings is 1. The van der Waals surface area contributed by atoms with Crippen molar-refractivity contribution in [2.75, 3.05) is 26.8 Å². The van der Waals surface area contributed by atoms with Crippen LogP contribution >= 0.6 is 11.6 Å². The summed E-state index contributed by atoms with van der Waals surface area (Å²) in [5.74, 6) is 0.321. The molecule has 8 nitrogen and oxygen atoms in total. The molecule has 9 heteroatoms. The van der Waals surface area contributed by atoms with Gasteiger partial charge < -0.3 is 29.2 Å². The number of halogens is 1. The normalized spacial score (nSPS) is 25.6. The number of rotatable bonds is 3. The van der Waals surface area contributed by atoms with Crippen molar-refractivity contribution in [1.82, 2.24) is 10.2 Å². The van der Waals surface area contributed by atoms with Gasteiger partial charge in [0.2, 0.25) is 5.91 Å². The molecule has 31 heavy (non-hydrogen) atoms. The smallest absolute Gasteiger partial charge is 0.289 e. The molecular formula is C22H27ClN2O6. The molecule has 0 bridgehead atoms. The van der Waals surface area contributed by atoms with Crippen molar-refractivity contribution in [3.8, 4) is 5.75 Å². The predicted octanol–water partition coefficient (Wildman–Crippen LogP) is 2.75. The molecule has 2 aliphatic rings. The van der Waals surface area contributed by atoms with Crippen molar-refractivity contribution in [3.63, 3.8) is 0 Å². The first-order valence-electron chi connectivity index (χ1n) is 10.3. The van der Waals surface area contributed by atoms with Gasteiger partial charge in [0.05, 0.1) is 25.4 Å². The Hall–Kier alpha value is -2.29. The first-order chi connectivity index (χ1) is 14.6. The zero-order valence-electron chi connectivity index (χ0n) is 17.9. The Morgan fingerprint density at radius 1 is 1.29 bits per heavy atom. The van der Waals surface area contributed by atoms with Crippen LogP contribution in [0.2, 0.25) is 5.02 Å². The number of hydrogen-bond donors (Lipinski definition) is 2. The van der Waals surface area contributed by atoms with E-state index >= 15 is 0 Å². The Morgan fingerprint density at radius 2 is 2.00 bits per heavy atom. The van der Waals surface area contributed by atoms with Gasteiger partial charge in [-0.05, 0) is 38.3 Å². The number of carbonyl (C=O) groups excluding carboxylic acids is 2. The van der Waals surface area contributed by atoms with Crippen LogP contribution < -0.4 is 10.1 Å². The number of ether oxygens (including phenoxy) is 2. The summed E-state index contributed by atoms with van der Waals surface area (Å²) in [6, 6.07) is 4.66. The van der Waals surface area contributed by atoms with E-state index in [4.69, 9.17) is 25.5 Å². The Kier molecular flexibility index (Phi) is 5.66. The quantitative estimate of drug-likeness (QED) is 0.745. The highest BCUT2D eigenvalue weighted by Crippen LogP contribution is 2.39. The maximum absolute atomic E-state index is 13.1. The third-order valence-corrected chi connectivity index (χ3v) is 6.53. The first-order valence-corrected chi connectivity index (χ1v) is 10.7. The van der Waals surface area contributed by atoms with Crippen LogP contribution in [-0.2, 0) is 9.53 Å². The summed E-state index contributed by atoms with van der Waals surface area (Å²) >= 11 is 6.11. The molecule has 3 heterocycles. The summed E-state index contributed by atoms with van der Waals surface area (Å²) in [4.78, 5) is 26.4. The minimum Gasteiger partial charge on any atom is -0.493 e. The molecule has 2 aromatic rings. The lowest BCUT2D eigenvalue weighted by molar-refractivity contribution is -0.191. The minimum atomic E-state index is -1.13. The van der Waals surface area contributed by atoms with Crippen molar-refractivity contribution in [2.45, 2.75) is 50.4 Å². The molecule has 2 aliphatic heterocycles. The topological polar surface area (TPSA) is 101 Å². The van der Waals surface area contributed by atoms with Crippen LogP contribution in [0.3, 0.4) is 0 Å². The van der Waals surface area contributed by atoms with Gasteiger partial charge in [0.25, 0.3) is 5.91 Å². The van der Waals surface area contributed by atoms with Crippen LogP contribution in [0, 0.1) is 0 Å². The molecule has 2 saturated heterocycles. The summed E-state index contributed by atoms with van der Waals surface area (Å²) < 4.78 is 17.2. The van der Waals surface area contributed by atoms with Crippen LogP contribution in [-0.4, -0.2) is 65.9 Å². The number of hydrogen-bond acceptors (Lipinski definition) is 6. The summed E-state index contributed by atoms with van der Waals surface area (Å²) in [6.45, 7) is 4.22. The number of nitrogens with one attached hydrogen (secondary N) is 1. The van der Waals surface area contributed by atoms with E-state index < -0.39 is 17.2 Å². The number of methoxy groups -OCH3 is 1. The largest absolute Gasteiger partial charge is 0.493 e. The van der Waals surface area contributed by atoms with Crippen LogP contribution in [0.25, 0.3) is 11.0 Å². The fourth-order valence-corrected chi connectivity index (χ4v) is 4.68. The molecule has 2 fully saturated rings. The Labute approximate surface area is 185 Å². The first kappa shape index (κ1) is 21.9. The Morgan fingerprint density at radius 3 is 2.65 bits per heavy atom. The average Bonchev–Trinajstić information content (AvgIpc) is 3.14. The number of likely N-dealkylation sites (tertiary alicyclic amines) is 1. The van der Waals surface area contributed by atoms with Gasteiger partial charge in [-0.1, -0.05) is 11.6 Å². The van der Waals surface area contributed by atoms with Crippen molar-refractivity contribution < 1.29 is 28.6 Å².